The van der Waals surface area contributed by atoms with Crippen molar-refractivity contribution >= 4 is 39.1 Å². The fourth-order valence-corrected chi connectivity index (χ4v) is 5.16. The van der Waals surface area contributed by atoms with E-state index in [0.29, 0.717) is 22.1 Å². The number of anilines is 1. The molecule has 2 amide bonds. The van der Waals surface area contributed by atoms with Crippen molar-refractivity contribution in [1.29, 1.82) is 0 Å². The number of nitrogens with one attached hydrogen (secondary N) is 1. The molecule has 3 rings (SSSR count). The molecule has 0 heterocycles. The second-order valence-corrected chi connectivity index (χ2v) is 11.1. The molecule has 39 heavy (non-hydrogen) atoms. The molecule has 11 heteroatoms. The van der Waals surface area contributed by atoms with Gasteiger partial charge in [-0.15, -0.1) is 0 Å². The average molecular weight is 574 g/mol. The molecule has 3 aromatic carbocycles. The summed E-state index contributed by atoms with van der Waals surface area (Å²) in [7, 11) is 0.468. The van der Waals surface area contributed by atoms with E-state index < -0.39 is 34.4 Å². The van der Waals surface area contributed by atoms with Crippen molar-refractivity contribution in [2.75, 3.05) is 38.4 Å². The number of amides is 2. The molecule has 0 unspecified atom stereocenters. The summed E-state index contributed by atoms with van der Waals surface area (Å²) in [6.07, 6.45) is 1.22. The number of ether oxygens (including phenoxy) is 2. The molecule has 1 atom stereocenters. The lowest BCUT2D eigenvalue weighted by molar-refractivity contribution is -0.139. The van der Waals surface area contributed by atoms with Crippen molar-refractivity contribution in [3.63, 3.8) is 0 Å². The third kappa shape index (κ3) is 7.64. The number of hydrogen-bond donors (Lipinski definition) is 1. The molecule has 1 N–H and O–H groups in total. The number of benzene rings is 3. The molecule has 0 aromatic heterocycles. The fraction of sp³-hybridized carbons (Fsp3) is 0.286. The van der Waals surface area contributed by atoms with E-state index in [1.807, 2.05) is 30.3 Å². The van der Waals surface area contributed by atoms with Crippen molar-refractivity contribution in [2.24, 2.45) is 0 Å². The minimum Gasteiger partial charge on any atom is -0.493 e. The van der Waals surface area contributed by atoms with Crippen LogP contribution in [-0.4, -0.2) is 65.2 Å². The summed E-state index contributed by atoms with van der Waals surface area (Å²) in [5, 5.41) is 3.06. The Bertz CT molecular complexity index is 1400. The molecule has 0 bridgehead atoms. The Morgan fingerprint density at radius 2 is 1.59 bits per heavy atom. The van der Waals surface area contributed by atoms with Gasteiger partial charge in [0.05, 0.1) is 26.2 Å². The highest BCUT2D eigenvalue weighted by Gasteiger charge is 2.33. The van der Waals surface area contributed by atoms with E-state index in [1.165, 1.54) is 38.3 Å². The predicted molar refractivity (Wildman–Crippen MR) is 152 cm³/mol. The van der Waals surface area contributed by atoms with Crippen molar-refractivity contribution < 1.29 is 27.5 Å². The van der Waals surface area contributed by atoms with Crippen LogP contribution in [0.1, 0.15) is 11.1 Å². The number of rotatable bonds is 12. The molecule has 0 saturated heterocycles. The Balaban J connectivity index is 2.06. The van der Waals surface area contributed by atoms with Gasteiger partial charge in [0, 0.05) is 31.1 Å². The van der Waals surface area contributed by atoms with Crippen molar-refractivity contribution in [3.8, 4) is 11.5 Å². The molecule has 9 nitrogen and oxygen atoms in total. The molecule has 0 spiro atoms. The van der Waals surface area contributed by atoms with Gasteiger partial charge < -0.3 is 19.7 Å². The minimum absolute atomic E-state index is 0.00698. The number of nitrogens with zero attached hydrogens (tertiary/aromatic N) is 2. The van der Waals surface area contributed by atoms with Gasteiger partial charge in [0.25, 0.3) is 0 Å². The van der Waals surface area contributed by atoms with Crippen LogP contribution in [0.15, 0.2) is 72.8 Å². The van der Waals surface area contributed by atoms with Gasteiger partial charge in [0.15, 0.2) is 11.5 Å². The maximum atomic E-state index is 14.0. The summed E-state index contributed by atoms with van der Waals surface area (Å²) in [5.41, 5.74) is 1.66. The van der Waals surface area contributed by atoms with Crippen LogP contribution in [0, 0.1) is 0 Å². The molecule has 0 aliphatic carbocycles. The highest BCUT2D eigenvalue weighted by molar-refractivity contribution is 7.92. The van der Waals surface area contributed by atoms with Gasteiger partial charge in [-0.1, -0.05) is 60.1 Å². The van der Waals surface area contributed by atoms with E-state index in [2.05, 4.69) is 5.32 Å². The fourth-order valence-electron chi connectivity index (χ4n) is 4.12. The van der Waals surface area contributed by atoms with Crippen LogP contribution in [-0.2, 0) is 32.6 Å². The van der Waals surface area contributed by atoms with E-state index in [4.69, 9.17) is 21.1 Å². The maximum absolute atomic E-state index is 14.0. The van der Waals surface area contributed by atoms with E-state index >= 15 is 0 Å². The highest BCUT2D eigenvalue weighted by Crippen LogP contribution is 2.32. The van der Waals surface area contributed by atoms with Gasteiger partial charge in [-0.3, -0.25) is 13.9 Å². The molecule has 0 saturated carbocycles. The lowest BCUT2D eigenvalue weighted by atomic mass is 10.0. The van der Waals surface area contributed by atoms with Crippen LogP contribution < -0.4 is 19.1 Å². The van der Waals surface area contributed by atoms with Gasteiger partial charge in [-0.2, -0.15) is 0 Å². The first-order valence-electron chi connectivity index (χ1n) is 12.1. The number of methoxy groups -OCH3 is 2. The SMILES string of the molecule is CNC(=O)[C@H](Cc1ccccc1)N(Cc1ccccc1Cl)C(=O)CN(c1ccc(OC)c(OC)c1)S(C)(=O)=O. The summed E-state index contributed by atoms with van der Waals surface area (Å²) in [5.74, 6) is -0.267. The molecule has 0 radical (unpaired) electrons. The van der Waals surface area contributed by atoms with E-state index in [9.17, 15) is 18.0 Å². The smallest absolute Gasteiger partial charge is 0.244 e. The summed E-state index contributed by atoms with van der Waals surface area (Å²) in [6, 6.07) is 19.9. The van der Waals surface area contributed by atoms with E-state index in [0.717, 1.165) is 16.1 Å². The minimum atomic E-state index is -3.92. The molecule has 0 aliphatic heterocycles. The molecule has 0 aliphatic rings. The largest absolute Gasteiger partial charge is 0.493 e. The van der Waals surface area contributed by atoms with Gasteiger partial charge in [-0.25, -0.2) is 8.42 Å². The average Bonchev–Trinajstić information content (AvgIpc) is 2.93. The first kappa shape index (κ1) is 29.8. The topological polar surface area (TPSA) is 105 Å². The number of hydrogen-bond acceptors (Lipinski definition) is 6. The zero-order valence-electron chi connectivity index (χ0n) is 22.3. The number of carbonyl (C=O) groups excluding carboxylic acids is 2. The number of carbonyl (C=O) groups is 2. The standard InChI is InChI=1S/C28H32ClN3O6S/c1-30-28(34)24(16-20-10-6-5-7-11-20)31(18-21-12-8-9-13-23(21)29)27(33)19-32(39(4,35)36)22-14-15-25(37-2)26(17-22)38-3/h5-15,17,24H,16,18-19H2,1-4H3,(H,30,34)/t24-/m0/s1. The predicted octanol–water partition coefficient (Wildman–Crippen LogP) is 3.51. The van der Waals surface area contributed by atoms with Crippen LogP contribution in [0.5, 0.6) is 11.5 Å². The van der Waals surface area contributed by atoms with Crippen LogP contribution in [0.4, 0.5) is 5.69 Å². The number of sulfonamides is 1. The van der Waals surface area contributed by atoms with Crippen molar-refractivity contribution in [1.82, 2.24) is 10.2 Å². The molecule has 3 aromatic rings. The number of halogens is 1. The monoisotopic (exact) mass is 573 g/mol. The van der Waals surface area contributed by atoms with E-state index in [-0.39, 0.29) is 18.7 Å². The summed E-state index contributed by atoms with van der Waals surface area (Å²) < 4.78 is 37.3. The van der Waals surface area contributed by atoms with Crippen molar-refractivity contribution in [3.05, 3.63) is 88.9 Å². The Hall–Kier alpha value is -3.76. The molecular formula is C28H32ClN3O6S. The molecule has 208 valence electrons. The van der Waals surface area contributed by atoms with Crippen LogP contribution in [0.2, 0.25) is 5.02 Å². The molecule has 0 fully saturated rings. The Morgan fingerprint density at radius 1 is 0.949 bits per heavy atom. The third-order valence-corrected chi connectivity index (χ3v) is 7.66. The summed E-state index contributed by atoms with van der Waals surface area (Å²) in [4.78, 5) is 28.5. The van der Waals surface area contributed by atoms with Gasteiger partial charge >= 0.3 is 0 Å². The van der Waals surface area contributed by atoms with Crippen molar-refractivity contribution in [2.45, 2.75) is 19.0 Å². The van der Waals surface area contributed by atoms with Crippen LogP contribution in [0.25, 0.3) is 0 Å². The van der Waals surface area contributed by atoms with Crippen LogP contribution in [0.3, 0.4) is 0 Å². The van der Waals surface area contributed by atoms with E-state index in [1.54, 1.807) is 30.3 Å². The zero-order chi connectivity index (χ0) is 28.6. The lowest BCUT2D eigenvalue weighted by Gasteiger charge is -2.33. The van der Waals surface area contributed by atoms with Gasteiger partial charge in [-0.05, 0) is 29.3 Å². The third-order valence-electron chi connectivity index (χ3n) is 6.15. The Kier molecular flexibility index (Phi) is 10.2. The van der Waals surface area contributed by atoms with Gasteiger partial charge in [0.2, 0.25) is 21.8 Å². The quantitative estimate of drug-likeness (QED) is 0.355. The first-order valence-corrected chi connectivity index (χ1v) is 14.3. The van der Waals surface area contributed by atoms with Gasteiger partial charge in [0.1, 0.15) is 12.6 Å². The normalized spacial score (nSPS) is 11.8. The maximum Gasteiger partial charge on any atom is 0.244 e. The second kappa shape index (κ2) is 13.3. The number of likely N-dealkylation sites (N-methyl/N-ethyl adjacent to an activating group) is 1. The summed E-state index contributed by atoms with van der Waals surface area (Å²) in [6.45, 7) is -0.561. The zero-order valence-corrected chi connectivity index (χ0v) is 23.8. The second-order valence-electron chi connectivity index (χ2n) is 8.74. The first-order chi connectivity index (χ1) is 18.6. The molecular weight excluding hydrogens is 542 g/mol. The Morgan fingerprint density at radius 3 is 2.18 bits per heavy atom. The van der Waals surface area contributed by atoms with Crippen LogP contribution >= 0.6 is 11.6 Å². The summed E-state index contributed by atoms with van der Waals surface area (Å²) >= 11 is 6.42. The lowest BCUT2D eigenvalue weighted by Crippen LogP contribution is -2.52. The highest BCUT2D eigenvalue weighted by atomic mass is 35.5. The Labute approximate surface area is 234 Å².